The van der Waals surface area contributed by atoms with Gasteiger partial charge in [0.05, 0.1) is 19.8 Å². The Hall–Kier alpha value is -3.29. The van der Waals surface area contributed by atoms with Gasteiger partial charge in [-0.1, -0.05) is 0 Å². The average molecular weight is 480 g/mol. The minimum absolute atomic E-state index is 0.0201. The third kappa shape index (κ3) is 9.39. The molecule has 1 heterocycles. The molecule has 0 amide bonds. The van der Waals surface area contributed by atoms with E-state index in [1.165, 1.54) is 13.8 Å². The molecular formula is C19H28O14. The van der Waals surface area contributed by atoms with Crippen LogP contribution in [0, 0.1) is 0 Å². The van der Waals surface area contributed by atoms with Crippen LogP contribution in [0.1, 0.15) is 34.6 Å². The van der Waals surface area contributed by atoms with E-state index in [2.05, 4.69) is 4.74 Å². The van der Waals surface area contributed by atoms with Crippen molar-refractivity contribution < 1.29 is 66.6 Å². The number of esters is 2. The average Bonchev–Trinajstić information content (AvgIpc) is 2.71. The lowest BCUT2D eigenvalue weighted by Crippen LogP contribution is -2.63. The lowest BCUT2D eigenvalue weighted by Gasteiger charge is -2.43. The molecule has 188 valence electrons. The predicted octanol–water partition coefficient (Wildman–Crippen LogP) is 1.46. The van der Waals surface area contributed by atoms with Gasteiger partial charge < -0.3 is 42.6 Å². The third-order valence-electron chi connectivity index (χ3n) is 3.79. The lowest BCUT2D eigenvalue weighted by molar-refractivity contribution is -0.297. The minimum atomic E-state index is -1.62. The van der Waals surface area contributed by atoms with Crippen molar-refractivity contribution in [2.75, 3.05) is 26.4 Å². The van der Waals surface area contributed by atoms with Gasteiger partial charge in [0, 0.05) is 13.8 Å². The molecular weight excluding hydrogens is 452 g/mol. The van der Waals surface area contributed by atoms with E-state index in [0.29, 0.717) is 0 Å². The largest absolute Gasteiger partial charge is 0.508 e. The fraction of sp³-hybridized carbons (Fsp3) is 0.737. The van der Waals surface area contributed by atoms with Gasteiger partial charge in [0.25, 0.3) is 0 Å². The quantitative estimate of drug-likeness (QED) is 0.343. The van der Waals surface area contributed by atoms with E-state index >= 15 is 0 Å². The van der Waals surface area contributed by atoms with Crippen molar-refractivity contribution in [3.05, 3.63) is 0 Å². The molecule has 1 fully saturated rings. The molecule has 5 atom stereocenters. The van der Waals surface area contributed by atoms with E-state index in [1.807, 2.05) is 0 Å². The fourth-order valence-electron chi connectivity index (χ4n) is 2.70. The molecule has 14 nitrogen and oxygen atoms in total. The summed E-state index contributed by atoms with van der Waals surface area (Å²) in [6.45, 7) is 6.00. The number of ether oxygens (including phenoxy) is 9. The fourth-order valence-corrected chi connectivity index (χ4v) is 2.70. The lowest BCUT2D eigenvalue weighted by atomic mass is 9.98. The first kappa shape index (κ1) is 27.7. The highest BCUT2D eigenvalue weighted by Crippen LogP contribution is 2.30. The van der Waals surface area contributed by atoms with E-state index < -0.39 is 67.7 Å². The third-order valence-corrected chi connectivity index (χ3v) is 3.79. The highest BCUT2D eigenvalue weighted by molar-refractivity contribution is 5.67. The van der Waals surface area contributed by atoms with E-state index in [0.717, 1.165) is 13.8 Å². The summed E-state index contributed by atoms with van der Waals surface area (Å²) in [7, 11) is 0. The Morgan fingerprint density at radius 3 is 1.58 bits per heavy atom. The number of carbonyl (C=O) groups excluding carboxylic acids is 5. The van der Waals surface area contributed by atoms with E-state index in [1.54, 1.807) is 6.92 Å². The van der Waals surface area contributed by atoms with Gasteiger partial charge in [0.15, 0.2) is 12.2 Å². The molecule has 1 aliphatic heterocycles. The van der Waals surface area contributed by atoms with Crippen molar-refractivity contribution in [3.8, 4) is 0 Å². The van der Waals surface area contributed by atoms with Crippen LogP contribution in [0.2, 0.25) is 0 Å². The van der Waals surface area contributed by atoms with Crippen LogP contribution in [0.3, 0.4) is 0 Å². The van der Waals surface area contributed by atoms with Gasteiger partial charge in [-0.25, -0.2) is 14.4 Å². The van der Waals surface area contributed by atoms with Crippen LogP contribution in [-0.2, 0) is 52.2 Å². The van der Waals surface area contributed by atoms with Gasteiger partial charge >= 0.3 is 30.4 Å². The molecule has 0 N–H and O–H groups in total. The molecule has 0 aromatic heterocycles. The monoisotopic (exact) mass is 480 g/mol. The zero-order valence-corrected chi connectivity index (χ0v) is 18.9. The number of carbonyl (C=O) groups is 5. The van der Waals surface area contributed by atoms with E-state index in [-0.39, 0.29) is 19.8 Å². The van der Waals surface area contributed by atoms with Gasteiger partial charge in [-0.3, -0.25) is 9.59 Å². The van der Waals surface area contributed by atoms with Crippen molar-refractivity contribution in [2.45, 2.75) is 65.3 Å². The highest BCUT2D eigenvalue weighted by Gasteiger charge is 2.54. The Kier molecular flexibility index (Phi) is 11.8. The summed E-state index contributed by atoms with van der Waals surface area (Å²) in [4.78, 5) is 59.0. The summed E-state index contributed by atoms with van der Waals surface area (Å²) < 4.78 is 45.3. The minimum Gasteiger partial charge on any atom is -0.452 e. The normalized spacial score (nSPS) is 24.0. The first-order valence-corrected chi connectivity index (χ1v) is 10.1. The van der Waals surface area contributed by atoms with Crippen molar-refractivity contribution in [1.82, 2.24) is 0 Å². The first-order valence-electron chi connectivity index (χ1n) is 10.1. The van der Waals surface area contributed by atoms with Crippen molar-refractivity contribution in [1.29, 1.82) is 0 Å². The summed E-state index contributed by atoms with van der Waals surface area (Å²) in [6, 6.07) is 0. The van der Waals surface area contributed by atoms with Crippen LogP contribution in [0.15, 0.2) is 0 Å². The Labute approximate surface area is 189 Å². The molecule has 33 heavy (non-hydrogen) atoms. The molecule has 1 saturated heterocycles. The SMILES string of the molecule is CCOC(=O)OC[C@H]1O[C@@H](OC(C)=O)[C@@H](OC(C)=O)[C@@H](OC(=O)OCC)[C@H]1OC(=O)OCC. The summed E-state index contributed by atoms with van der Waals surface area (Å²) in [6.07, 6.45) is -11.2. The summed E-state index contributed by atoms with van der Waals surface area (Å²) in [5.74, 6) is -1.68. The van der Waals surface area contributed by atoms with Crippen LogP contribution < -0.4 is 0 Å². The molecule has 0 aromatic carbocycles. The van der Waals surface area contributed by atoms with Crippen LogP contribution >= 0.6 is 0 Å². The maximum Gasteiger partial charge on any atom is 0.508 e. The Balaban J connectivity index is 3.35. The van der Waals surface area contributed by atoms with Crippen LogP contribution in [0.25, 0.3) is 0 Å². The Morgan fingerprint density at radius 2 is 1.09 bits per heavy atom. The Morgan fingerprint density at radius 1 is 0.606 bits per heavy atom. The summed E-state index contributed by atoms with van der Waals surface area (Å²) in [5.41, 5.74) is 0. The molecule has 0 bridgehead atoms. The predicted molar refractivity (Wildman–Crippen MR) is 103 cm³/mol. The van der Waals surface area contributed by atoms with Crippen LogP contribution in [-0.4, -0.2) is 87.5 Å². The number of hydrogen-bond donors (Lipinski definition) is 0. The smallest absolute Gasteiger partial charge is 0.452 e. The molecule has 14 heteroatoms. The first-order chi connectivity index (χ1) is 15.6. The van der Waals surface area contributed by atoms with Gasteiger partial charge in [-0.2, -0.15) is 0 Å². The second-order valence-corrected chi connectivity index (χ2v) is 6.25. The molecule has 1 aliphatic rings. The van der Waals surface area contributed by atoms with Gasteiger partial charge in [-0.15, -0.1) is 0 Å². The Bertz CT molecular complexity index is 692. The number of hydrogen-bond acceptors (Lipinski definition) is 14. The molecule has 0 aliphatic carbocycles. The zero-order valence-electron chi connectivity index (χ0n) is 18.9. The van der Waals surface area contributed by atoms with Crippen molar-refractivity contribution in [2.24, 2.45) is 0 Å². The van der Waals surface area contributed by atoms with Crippen molar-refractivity contribution >= 4 is 30.4 Å². The van der Waals surface area contributed by atoms with Gasteiger partial charge in [0.2, 0.25) is 12.4 Å². The van der Waals surface area contributed by atoms with Gasteiger partial charge in [-0.05, 0) is 20.8 Å². The van der Waals surface area contributed by atoms with E-state index in [9.17, 15) is 24.0 Å². The maximum absolute atomic E-state index is 12.1. The molecule has 1 rings (SSSR count). The van der Waals surface area contributed by atoms with E-state index in [4.69, 9.17) is 37.9 Å². The molecule has 0 saturated carbocycles. The maximum atomic E-state index is 12.1. The number of rotatable bonds is 9. The summed E-state index contributed by atoms with van der Waals surface area (Å²) >= 11 is 0. The molecule has 0 radical (unpaired) electrons. The second-order valence-electron chi connectivity index (χ2n) is 6.25. The highest BCUT2D eigenvalue weighted by atomic mass is 16.8. The molecule has 0 unspecified atom stereocenters. The topological polar surface area (TPSA) is 168 Å². The van der Waals surface area contributed by atoms with Crippen LogP contribution in [0.5, 0.6) is 0 Å². The van der Waals surface area contributed by atoms with Gasteiger partial charge in [0.1, 0.15) is 12.7 Å². The summed E-state index contributed by atoms with van der Waals surface area (Å²) in [5, 5.41) is 0. The molecule has 0 spiro atoms. The van der Waals surface area contributed by atoms with Crippen LogP contribution in [0.4, 0.5) is 14.4 Å². The van der Waals surface area contributed by atoms with Crippen molar-refractivity contribution in [3.63, 3.8) is 0 Å². The zero-order chi connectivity index (χ0) is 25.0. The molecule has 0 aromatic rings. The standard InChI is InChI=1S/C19H28O14/c1-6-25-17(22)28-9-12-13(32-18(23)26-7-2)14(33-19(24)27-8-3)15(29-10(4)20)16(31-12)30-11(5)21/h12-16H,6-9H2,1-5H3/t12-,13+,14+,15+,16-/m1/s1. The second kappa shape index (κ2) is 14.0.